The van der Waals surface area contributed by atoms with Crippen molar-refractivity contribution in [3.05, 3.63) is 17.1 Å². The van der Waals surface area contributed by atoms with Gasteiger partial charge in [-0.15, -0.1) is 0 Å². The third-order valence-electron chi connectivity index (χ3n) is 1.09. The summed E-state index contributed by atoms with van der Waals surface area (Å²) in [5, 5.41) is 1.73. The molecular weight excluding hydrogens is 150 g/mol. The van der Waals surface area contributed by atoms with Crippen LogP contribution < -0.4 is 0 Å². The van der Waals surface area contributed by atoms with Gasteiger partial charge in [0.25, 0.3) is 0 Å². The van der Waals surface area contributed by atoms with Crippen molar-refractivity contribution in [1.29, 1.82) is 0 Å². The second kappa shape index (κ2) is 3.22. The number of carbonyl (C=O) groups excluding carboxylic acids is 2. The zero-order chi connectivity index (χ0) is 7.40. The molecule has 0 bridgehead atoms. The van der Waals surface area contributed by atoms with E-state index < -0.39 is 5.92 Å². The highest BCUT2D eigenvalue weighted by molar-refractivity contribution is 7.03. The van der Waals surface area contributed by atoms with Gasteiger partial charge in [0.2, 0.25) is 0 Å². The van der Waals surface area contributed by atoms with E-state index in [1.54, 1.807) is 11.4 Å². The molecule has 1 aromatic heterocycles. The lowest BCUT2D eigenvalue weighted by atomic mass is 10.1. The number of carbonyl (C=O) groups is 2. The lowest BCUT2D eigenvalue weighted by molar-refractivity contribution is -0.116. The van der Waals surface area contributed by atoms with E-state index >= 15 is 0 Å². The van der Waals surface area contributed by atoms with Crippen molar-refractivity contribution in [2.45, 2.75) is 5.92 Å². The molecule has 0 atom stereocenters. The summed E-state index contributed by atoms with van der Waals surface area (Å²) in [5.74, 6) is -0.675. The number of rotatable bonds is 3. The monoisotopic (exact) mass is 155 g/mol. The van der Waals surface area contributed by atoms with Crippen molar-refractivity contribution in [3.8, 4) is 0 Å². The van der Waals surface area contributed by atoms with Crippen molar-refractivity contribution >= 4 is 24.1 Å². The van der Waals surface area contributed by atoms with Crippen LogP contribution in [0.25, 0.3) is 0 Å². The fraction of sp³-hybridized carbons (Fsp3) is 0.167. The van der Waals surface area contributed by atoms with Gasteiger partial charge < -0.3 is 9.59 Å². The normalized spacial score (nSPS) is 9.70. The summed E-state index contributed by atoms with van der Waals surface area (Å²) in [6.45, 7) is 0. The Morgan fingerprint density at radius 1 is 1.50 bits per heavy atom. The zero-order valence-electron chi connectivity index (χ0n) is 5.06. The van der Waals surface area contributed by atoms with Crippen molar-refractivity contribution < 1.29 is 9.59 Å². The smallest absolute Gasteiger partial charge is 0.136 e. The highest BCUT2D eigenvalue weighted by atomic mass is 32.1. The first-order valence-electron chi connectivity index (χ1n) is 2.69. The quantitative estimate of drug-likeness (QED) is 0.475. The average molecular weight is 155 g/mol. The average Bonchev–Trinajstić information content (AvgIpc) is 2.43. The van der Waals surface area contributed by atoms with Crippen LogP contribution in [0.15, 0.2) is 11.4 Å². The highest BCUT2D eigenvalue weighted by Gasteiger charge is 2.09. The third-order valence-corrected chi connectivity index (χ3v) is 1.67. The van der Waals surface area contributed by atoms with Gasteiger partial charge in [-0.05, 0) is 17.6 Å². The Labute approximate surface area is 61.9 Å². The molecule has 1 rings (SSSR count). The number of hydrogen-bond acceptors (Lipinski definition) is 4. The number of aldehydes is 2. The fourth-order valence-corrected chi connectivity index (χ4v) is 1.13. The van der Waals surface area contributed by atoms with Gasteiger partial charge >= 0.3 is 0 Å². The summed E-state index contributed by atoms with van der Waals surface area (Å²) < 4.78 is 3.84. The molecule has 0 spiro atoms. The minimum Gasteiger partial charge on any atom is -0.302 e. The van der Waals surface area contributed by atoms with Crippen LogP contribution in [0.3, 0.4) is 0 Å². The van der Waals surface area contributed by atoms with E-state index in [9.17, 15) is 9.59 Å². The molecule has 52 valence electrons. The van der Waals surface area contributed by atoms with E-state index in [-0.39, 0.29) is 0 Å². The van der Waals surface area contributed by atoms with Crippen molar-refractivity contribution in [3.63, 3.8) is 0 Å². The van der Waals surface area contributed by atoms with Crippen LogP contribution in [0, 0.1) is 0 Å². The fourth-order valence-electron chi connectivity index (χ4n) is 0.565. The predicted molar refractivity (Wildman–Crippen MR) is 37.0 cm³/mol. The molecule has 0 saturated heterocycles. The Morgan fingerprint density at radius 3 is 2.60 bits per heavy atom. The summed E-state index contributed by atoms with van der Waals surface area (Å²) >= 11 is 1.23. The Morgan fingerprint density at radius 2 is 2.20 bits per heavy atom. The molecule has 0 unspecified atom stereocenters. The van der Waals surface area contributed by atoms with Crippen LogP contribution in [0.1, 0.15) is 11.6 Å². The van der Waals surface area contributed by atoms with Crippen molar-refractivity contribution in [2.75, 3.05) is 0 Å². The van der Waals surface area contributed by atoms with Crippen LogP contribution in [0.5, 0.6) is 0 Å². The summed E-state index contributed by atoms with van der Waals surface area (Å²) in [4.78, 5) is 20.3. The van der Waals surface area contributed by atoms with Gasteiger partial charge in [0.1, 0.15) is 18.5 Å². The van der Waals surface area contributed by atoms with E-state index in [2.05, 4.69) is 4.37 Å². The van der Waals surface area contributed by atoms with Gasteiger partial charge in [0, 0.05) is 5.38 Å². The van der Waals surface area contributed by atoms with E-state index in [0.717, 1.165) is 0 Å². The van der Waals surface area contributed by atoms with Gasteiger partial charge in [0.15, 0.2) is 0 Å². The van der Waals surface area contributed by atoms with Gasteiger partial charge in [-0.25, -0.2) is 0 Å². The number of aromatic nitrogens is 1. The molecule has 0 aromatic carbocycles. The molecule has 4 heteroatoms. The largest absolute Gasteiger partial charge is 0.302 e. The standard InChI is InChI=1S/C6H5NO2S/c8-3-5(4-9)6-1-2-10-7-6/h1-5H. The lowest BCUT2D eigenvalue weighted by Crippen LogP contribution is -2.00. The van der Waals surface area contributed by atoms with Crippen LogP contribution in [-0.4, -0.2) is 16.9 Å². The van der Waals surface area contributed by atoms with E-state index in [4.69, 9.17) is 0 Å². The van der Waals surface area contributed by atoms with Crippen LogP contribution in [0.2, 0.25) is 0 Å². The first-order chi connectivity index (χ1) is 4.88. The first-order valence-corrected chi connectivity index (χ1v) is 3.53. The topological polar surface area (TPSA) is 47.0 Å². The summed E-state index contributed by atoms with van der Waals surface area (Å²) in [5.41, 5.74) is 0.537. The molecule has 0 aliphatic heterocycles. The lowest BCUT2D eigenvalue weighted by Gasteiger charge is -1.92. The molecular formula is C6H5NO2S. The molecule has 0 aliphatic rings. The summed E-state index contributed by atoms with van der Waals surface area (Å²) in [6.07, 6.45) is 1.17. The van der Waals surface area contributed by atoms with Crippen LogP contribution in [0.4, 0.5) is 0 Å². The Hall–Kier alpha value is -1.03. The molecule has 0 amide bonds. The molecule has 3 nitrogen and oxygen atoms in total. The number of nitrogens with zero attached hydrogens (tertiary/aromatic N) is 1. The van der Waals surface area contributed by atoms with Crippen LogP contribution in [-0.2, 0) is 9.59 Å². The van der Waals surface area contributed by atoms with Crippen LogP contribution >= 0.6 is 11.5 Å². The Bertz CT molecular complexity index is 212. The first kappa shape index (κ1) is 7.08. The SMILES string of the molecule is O=CC(C=O)c1ccsn1. The van der Waals surface area contributed by atoms with E-state index in [1.807, 2.05) is 0 Å². The minimum absolute atomic E-state index is 0.537. The summed E-state index contributed by atoms with van der Waals surface area (Å²) in [6, 6.07) is 1.66. The van der Waals surface area contributed by atoms with Gasteiger partial charge in [-0.3, -0.25) is 0 Å². The van der Waals surface area contributed by atoms with Gasteiger partial charge in [-0.1, -0.05) is 0 Å². The minimum atomic E-state index is -0.675. The van der Waals surface area contributed by atoms with E-state index in [1.165, 1.54) is 11.5 Å². The molecule has 0 radical (unpaired) electrons. The van der Waals surface area contributed by atoms with Crippen molar-refractivity contribution in [1.82, 2.24) is 4.37 Å². The molecule has 1 aromatic rings. The molecule has 0 fully saturated rings. The van der Waals surface area contributed by atoms with Gasteiger partial charge in [0.05, 0.1) is 5.69 Å². The molecule has 0 N–H and O–H groups in total. The van der Waals surface area contributed by atoms with Gasteiger partial charge in [-0.2, -0.15) is 4.37 Å². The predicted octanol–water partition coefficient (Wildman–Crippen LogP) is 0.625. The molecule has 0 aliphatic carbocycles. The molecule has 10 heavy (non-hydrogen) atoms. The second-order valence-electron chi connectivity index (χ2n) is 1.72. The maximum Gasteiger partial charge on any atom is 0.136 e. The second-order valence-corrected chi connectivity index (χ2v) is 2.39. The molecule has 1 heterocycles. The highest BCUT2D eigenvalue weighted by Crippen LogP contribution is 2.09. The number of hydrogen-bond donors (Lipinski definition) is 0. The maximum absolute atomic E-state index is 10.2. The van der Waals surface area contributed by atoms with Crippen molar-refractivity contribution in [2.24, 2.45) is 0 Å². The Balaban J connectivity index is 2.82. The maximum atomic E-state index is 10.2. The van der Waals surface area contributed by atoms with E-state index in [0.29, 0.717) is 18.3 Å². The third kappa shape index (κ3) is 1.27. The zero-order valence-corrected chi connectivity index (χ0v) is 5.88. The Kier molecular flexibility index (Phi) is 2.28. The summed E-state index contributed by atoms with van der Waals surface area (Å²) in [7, 11) is 0. The molecule has 0 saturated carbocycles.